The van der Waals surface area contributed by atoms with Crippen LogP contribution in [0.15, 0.2) is 30.6 Å². The Hall–Kier alpha value is -2.70. The van der Waals surface area contributed by atoms with Crippen LogP contribution < -0.4 is 5.73 Å². The van der Waals surface area contributed by atoms with Gasteiger partial charge in [0.15, 0.2) is 5.82 Å². The number of anilines is 1. The molecule has 0 aliphatic rings. The maximum Gasteiger partial charge on any atom is 0.187 e. The number of tetrazole rings is 1. The molecule has 0 radical (unpaired) electrons. The molecule has 0 fully saturated rings. The molecule has 19 heavy (non-hydrogen) atoms. The van der Waals surface area contributed by atoms with E-state index in [-0.39, 0.29) is 0 Å². The predicted octanol–water partition coefficient (Wildman–Crippen LogP) is 0.953. The van der Waals surface area contributed by atoms with Crippen molar-refractivity contribution in [3.63, 3.8) is 0 Å². The first-order valence-electron chi connectivity index (χ1n) is 5.79. The maximum atomic E-state index is 5.93. The number of nitrogen functional groups attached to an aromatic ring is 1. The Labute approximate surface area is 109 Å². The molecule has 0 aliphatic carbocycles. The molecular formula is C12H13N7. The van der Waals surface area contributed by atoms with Crippen molar-refractivity contribution in [2.24, 2.45) is 7.05 Å². The molecule has 0 saturated heterocycles. The van der Waals surface area contributed by atoms with E-state index in [0.29, 0.717) is 5.82 Å². The minimum Gasteiger partial charge on any atom is -0.398 e. The zero-order valence-electron chi connectivity index (χ0n) is 10.6. The third kappa shape index (κ3) is 1.95. The molecule has 2 N–H and O–H groups in total. The Morgan fingerprint density at radius 2 is 2.11 bits per heavy atom. The summed E-state index contributed by atoms with van der Waals surface area (Å²) in [5.41, 5.74) is 9.36. The summed E-state index contributed by atoms with van der Waals surface area (Å²) in [6, 6.07) is 5.77. The highest BCUT2D eigenvalue weighted by atomic mass is 15.5. The summed E-state index contributed by atoms with van der Waals surface area (Å²) in [7, 11) is 1.84. The summed E-state index contributed by atoms with van der Waals surface area (Å²) < 4.78 is 3.33. The van der Waals surface area contributed by atoms with Gasteiger partial charge in [-0.15, -0.1) is 5.10 Å². The first kappa shape index (κ1) is 11.4. The molecule has 2 heterocycles. The number of aryl methyl sites for hydroxylation is 2. The molecule has 0 saturated carbocycles. The molecule has 0 bridgehead atoms. The first-order chi connectivity index (χ1) is 9.15. The fourth-order valence-corrected chi connectivity index (χ4v) is 1.84. The van der Waals surface area contributed by atoms with Crippen LogP contribution in [0, 0.1) is 6.92 Å². The maximum absolute atomic E-state index is 5.93. The molecule has 3 aromatic rings. The zero-order valence-corrected chi connectivity index (χ0v) is 10.6. The molecule has 0 unspecified atom stereocenters. The Morgan fingerprint density at radius 3 is 2.79 bits per heavy atom. The number of nitrogens with two attached hydrogens (primary N) is 1. The SMILES string of the molecule is Cc1ccc(-c2nnnn2-c2cnn(C)c2)cc1N. The van der Waals surface area contributed by atoms with Crippen molar-refractivity contribution in [1.82, 2.24) is 30.0 Å². The Morgan fingerprint density at radius 1 is 1.26 bits per heavy atom. The average molecular weight is 255 g/mol. The van der Waals surface area contributed by atoms with Crippen LogP contribution in [-0.4, -0.2) is 30.0 Å². The third-order valence-electron chi connectivity index (χ3n) is 2.94. The van der Waals surface area contributed by atoms with Gasteiger partial charge in [0.1, 0.15) is 5.69 Å². The average Bonchev–Trinajstić information content (AvgIpc) is 3.00. The van der Waals surface area contributed by atoms with Crippen LogP contribution in [0.2, 0.25) is 0 Å². The van der Waals surface area contributed by atoms with E-state index in [1.165, 1.54) is 0 Å². The number of aromatic nitrogens is 6. The summed E-state index contributed by atoms with van der Waals surface area (Å²) in [6.45, 7) is 1.96. The molecule has 2 aromatic heterocycles. The normalized spacial score (nSPS) is 10.8. The largest absolute Gasteiger partial charge is 0.398 e. The van der Waals surface area contributed by atoms with Crippen LogP contribution in [0.4, 0.5) is 5.69 Å². The van der Waals surface area contributed by atoms with Crippen LogP contribution in [0.25, 0.3) is 17.1 Å². The fraction of sp³-hybridized carbons (Fsp3) is 0.167. The molecule has 3 rings (SSSR count). The highest BCUT2D eigenvalue weighted by Crippen LogP contribution is 2.23. The summed E-state index contributed by atoms with van der Waals surface area (Å²) in [5.74, 6) is 0.639. The Bertz CT molecular complexity index is 725. The molecule has 7 nitrogen and oxygen atoms in total. The van der Waals surface area contributed by atoms with E-state index in [4.69, 9.17) is 5.73 Å². The van der Waals surface area contributed by atoms with Gasteiger partial charge in [-0.1, -0.05) is 12.1 Å². The molecule has 0 amide bonds. The summed E-state index contributed by atoms with van der Waals surface area (Å²) >= 11 is 0. The lowest BCUT2D eigenvalue weighted by Crippen LogP contribution is -1.99. The Kier molecular flexibility index (Phi) is 2.52. The van der Waals surface area contributed by atoms with Crippen LogP contribution >= 0.6 is 0 Å². The van der Waals surface area contributed by atoms with Crippen LogP contribution in [-0.2, 0) is 7.05 Å². The summed E-state index contributed by atoms with van der Waals surface area (Å²) in [4.78, 5) is 0. The molecule has 0 atom stereocenters. The molecule has 0 spiro atoms. The smallest absolute Gasteiger partial charge is 0.187 e. The van der Waals surface area contributed by atoms with Gasteiger partial charge in [0.2, 0.25) is 0 Å². The highest BCUT2D eigenvalue weighted by molar-refractivity contribution is 5.64. The van der Waals surface area contributed by atoms with Gasteiger partial charge in [0.05, 0.1) is 12.4 Å². The van der Waals surface area contributed by atoms with Gasteiger partial charge < -0.3 is 5.73 Å². The number of hydrogen-bond acceptors (Lipinski definition) is 5. The second-order valence-corrected chi connectivity index (χ2v) is 4.36. The molecule has 96 valence electrons. The lowest BCUT2D eigenvalue weighted by atomic mass is 10.1. The van der Waals surface area contributed by atoms with Gasteiger partial charge in [-0.3, -0.25) is 4.68 Å². The van der Waals surface area contributed by atoms with Crippen molar-refractivity contribution < 1.29 is 0 Å². The van der Waals surface area contributed by atoms with Gasteiger partial charge in [0.25, 0.3) is 0 Å². The lowest BCUT2D eigenvalue weighted by molar-refractivity contribution is 0.762. The van der Waals surface area contributed by atoms with E-state index < -0.39 is 0 Å². The second kappa shape index (κ2) is 4.20. The number of benzene rings is 1. The monoisotopic (exact) mass is 255 g/mol. The van der Waals surface area contributed by atoms with E-state index in [1.54, 1.807) is 15.6 Å². The van der Waals surface area contributed by atoms with E-state index in [9.17, 15) is 0 Å². The first-order valence-corrected chi connectivity index (χ1v) is 5.79. The van der Waals surface area contributed by atoms with E-state index in [1.807, 2.05) is 38.4 Å². The molecular weight excluding hydrogens is 242 g/mol. The van der Waals surface area contributed by atoms with Crippen LogP contribution in [0.5, 0.6) is 0 Å². The summed E-state index contributed by atoms with van der Waals surface area (Å²) in [5, 5.41) is 15.9. The lowest BCUT2D eigenvalue weighted by Gasteiger charge is -2.04. The predicted molar refractivity (Wildman–Crippen MR) is 70.5 cm³/mol. The van der Waals surface area contributed by atoms with Crippen LogP contribution in [0.3, 0.4) is 0 Å². The number of rotatable bonds is 2. The van der Waals surface area contributed by atoms with E-state index in [2.05, 4.69) is 20.6 Å². The topological polar surface area (TPSA) is 87.4 Å². The third-order valence-corrected chi connectivity index (χ3v) is 2.94. The molecule has 1 aromatic carbocycles. The molecule has 0 aliphatic heterocycles. The van der Waals surface area contributed by atoms with Crippen molar-refractivity contribution in [2.75, 3.05) is 5.73 Å². The minimum absolute atomic E-state index is 0.639. The van der Waals surface area contributed by atoms with Crippen molar-refractivity contribution in [3.05, 3.63) is 36.2 Å². The van der Waals surface area contributed by atoms with Gasteiger partial charge in [-0.05, 0) is 29.0 Å². The van der Waals surface area contributed by atoms with Crippen molar-refractivity contribution in [1.29, 1.82) is 0 Å². The van der Waals surface area contributed by atoms with Gasteiger partial charge in [0, 0.05) is 18.3 Å². The zero-order chi connectivity index (χ0) is 13.4. The van der Waals surface area contributed by atoms with Gasteiger partial charge >= 0.3 is 0 Å². The Balaban J connectivity index is 2.11. The van der Waals surface area contributed by atoms with Gasteiger partial charge in [-0.25, -0.2) is 0 Å². The highest BCUT2D eigenvalue weighted by Gasteiger charge is 2.12. The van der Waals surface area contributed by atoms with Crippen molar-refractivity contribution in [2.45, 2.75) is 6.92 Å². The minimum atomic E-state index is 0.639. The van der Waals surface area contributed by atoms with Gasteiger partial charge in [-0.2, -0.15) is 9.78 Å². The van der Waals surface area contributed by atoms with Crippen molar-refractivity contribution >= 4 is 5.69 Å². The van der Waals surface area contributed by atoms with Crippen molar-refractivity contribution in [3.8, 4) is 17.1 Å². The standard InChI is InChI=1S/C12H13N7/c1-8-3-4-9(5-11(8)13)12-15-16-17-19(12)10-6-14-18(2)7-10/h3-7H,13H2,1-2H3. The number of nitrogens with zero attached hydrogens (tertiary/aromatic N) is 6. The number of hydrogen-bond donors (Lipinski definition) is 1. The van der Waals surface area contributed by atoms with Crippen LogP contribution in [0.1, 0.15) is 5.56 Å². The quantitative estimate of drug-likeness (QED) is 0.689. The van der Waals surface area contributed by atoms with E-state index >= 15 is 0 Å². The molecule has 7 heteroatoms. The fourth-order valence-electron chi connectivity index (χ4n) is 1.84. The van der Waals surface area contributed by atoms with E-state index in [0.717, 1.165) is 22.5 Å². The summed E-state index contributed by atoms with van der Waals surface area (Å²) in [6.07, 6.45) is 3.55. The second-order valence-electron chi connectivity index (χ2n) is 4.36.